The van der Waals surface area contributed by atoms with Gasteiger partial charge in [-0.1, -0.05) is 0 Å². The maximum Gasteiger partial charge on any atom is 0.248 e. The Morgan fingerprint density at radius 1 is 1.42 bits per heavy atom. The molecule has 0 bridgehead atoms. The molecule has 0 heterocycles. The van der Waals surface area contributed by atoms with Crippen molar-refractivity contribution in [3.63, 3.8) is 0 Å². The lowest BCUT2D eigenvalue weighted by molar-refractivity contribution is -0.0718. The Balaban J connectivity index is 2.36. The average Bonchev–Trinajstić information content (AvgIpc) is 2.03. The minimum Gasteiger partial charge on any atom is -0.301 e. The van der Waals surface area contributed by atoms with Gasteiger partial charge in [-0.2, -0.15) is 0 Å². The van der Waals surface area contributed by atoms with Gasteiger partial charge in [-0.25, -0.2) is 14.7 Å². The first-order valence-corrected chi connectivity index (χ1v) is 4.28. The molecule has 12 heavy (non-hydrogen) atoms. The summed E-state index contributed by atoms with van der Waals surface area (Å²) in [6.45, 7) is 1.83. The van der Waals surface area contributed by atoms with Crippen LogP contribution in [0.1, 0.15) is 32.6 Å². The van der Waals surface area contributed by atoms with Crippen molar-refractivity contribution in [3.05, 3.63) is 0 Å². The van der Waals surface area contributed by atoms with Gasteiger partial charge in [0.1, 0.15) is 0 Å². The molecule has 0 aromatic rings. The Kier molecular flexibility index (Phi) is 3.01. The molecule has 1 aliphatic carbocycles. The first-order valence-electron chi connectivity index (χ1n) is 4.28. The second kappa shape index (κ2) is 3.66. The van der Waals surface area contributed by atoms with Crippen molar-refractivity contribution in [2.45, 2.75) is 44.6 Å². The van der Waals surface area contributed by atoms with E-state index < -0.39 is 5.92 Å². The highest BCUT2D eigenvalue weighted by atomic mass is 19.3. The minimum atomic E-state index is -2.45. The van der Waals surface area contributed by atoms with E-state index in [9.17, 15) is 8.78 Å². The largest absolute Gasteiger partial charge is 0.301 e. The number of hydrogen-bond donors (Lipinski definition) is 1. The van der Waals surface area contributed by atoms with Crippen LogP contribution < -0.4 is 5.90 Å². The van der Waals surface area contributed by atoms with Gasteiger partial charge in [0, 0.05) is 12.8 Å². The number of hydrogen-bond acceptors (Lipinski definition) is 2. The van der Waals surface area contributed by atoms with Crippen LogP contribution >= 0.6 is 0 Å². The van der Waals surface area contributed by atoms with Crippen LogP contribution in [0.3, 0.4) is 0 Å². The zero-order chi connectivity index (χ0) is 9.19. The van der Waals surface area contributed by atoms with Gasteiger partial charge < -0.3 is 4.84 Å². The fraction of sp³-hybridized carbons (Fsp3) is 1.00. The highest BCUT2D eigenvalue weighted by Crippen LogP contribution is 2.37. The van der Waals surface area contributed by atoms with Crippen LogP contribution in [0, 0.1) is 5.92 Å². The lowest BCUT2D eigenvalue weighted by Crippen LogP contribution is -2.32. The third-order valence-electron chi connectivity index (χ3n) is 2.64. The maximum atomic E-state index is 12.7. The second-order valence-corrected chi connectivity index (χ2v) is 3.53. The Morgan fingerprint density at radius 2 is 1.92 bits per heavy atom. The van der Waals surface area contributed by atoms with Crippen LogP contribution in [0.25, 0.3) is 0 Å². The molecule has 1 unspecified atom stereocenters. The quantitative estimate of drug-likeness (QED) is 0.659. The number of alkyl halides is 2. The molecule has 0 spiro atoms. The predicted octanol–water partition coefficient (Wildman–Crippen LogP) is 2.09. The van der Waals surface area contributed by atoms with E-state index in [0.29, 0.717) is 12.8 Å². The first kappa shape index (κ1) is 9.86. The molecule has 0 aliphatic heterocycles. The summed E-state index contributed by atoms with van der Waals surface area (Å²) in [6.07, 6.45) is 0.897. The van der Waals surface area contributed by atoms with Crippen LogP contribution in [0.15, 0.2) is 0 Å². The number of halogens is 2. The standard InChI is InChI=1S/C8H15F2NO/c1-6(12-11)7-2-4-8(9,10)5-3-7/h6-7H,2-5,11H2,1H3. The van der Waals surface area contributed by atoms with Crippen LogP contribution in [0.5, 0.6) is 0 Å². The van der Waals surface area contributed by atoms with E-state index in [-0.39, 0.29) is 24.9 Å². The van der Waals surface area contributed by atoms with Crippen LogP contribution in [-0.2, 0) is 4.84 Å². The molecular formula is C8H15F2NO. The molecule has 1 saturated carbocycles. The zero-order valence-electron chi connectivity index (χ0n) is 7.22. The predicted molar refractivity (Wildman–Crippen MR) is 41.6 cm³/mol. The molecule has 72 valence electrons. The van der Waals surface area contributed by atoms with Gasteiger partial charge in [-0.05, 0) is 25.7 Å². The molecule has 2 N–H and O–H groups in total. The molecule has 1 rings (SSSR count). The highest BCUT2D eigenvalue weighted by molar-refractivity contribution is 4.80. The van der Waals surface area contributed by atoms with E-state index in [1.54, 1.807) is 0 Å². The van der Waals surface area contributed by atoms with Gasteiger partial charge in [0.05, 0.1) is 6.10 Å². The summed E-state index contributed by atoms with van der Waals surface area (Å²) in [5.41, 5.74) is 0. The average molecular weight is 179 g/mol. The minimum absolute atomic E-state index is 0.0225. The Hall–Kier alpha value is -0.220. The van der Waals surface area contributed by atoms with E-state index in [4.69, 9.17) is 5.90 Å². The first-order chi connectivity index (χ1) is 5.55. The summed E-state index contributed by atoms with van der Waals surface area (Å²) in [6, 6.07) is 0. The molecule has 1 fully saturated rings. The third kappa shape index (κ3) is 2.38. The van der Waals surface area contributed by atoms with Crippen LogP contribution in [-0.4, -0.2) is 12.0 Å². The number of rotatable bonds is 2. The Labute approximate surface area is 71.0 Å². The monoisotopic (exact) mass is 179 g/mol. The molecule has 1 atom stereocenters. The SMILES string of the molecule is CC(ON)C1CCC(F)(F)CC1. The fourth-order valence-electron chi connectivity index (χ4n) is 1.64. The number of nitrogens with two attached hydrogens (primary N) is 1. The van der Waals surface area contributed by atoms with Crippen molar-refractivity contribution in [3.8, 4) is 0 Å². The summed E-state index contributed by atoms with van der Waals surface area (Å²) < 4.78 is 25.3. The fourth-order valence-corrected chi connectivity index (χ4v) is 1.64. The molecular weight excluding hydrogens is 164 g/mol. The van der Waals surface area contributed by atoms with Gasteiger partial charge in [0.2, 0.25) is 5.92 Å². The lowest BCUT2D eigenvalue weighted by Gasteiger charge is -2.30. The van der Waals surface area contributed by atoms with Crippen molar-refractivity contribution < 1.29 is 13.6 Å². The van der Waals surface area contributed by atoms with Gasteiger partial charge in [0.25, 0.3) is 0 Å². The Morgan fingerprint density at radius 3 is 2.33 bits per heavy atom. The highest BCUT2D eigenvalue weighted by Gasteiger charge is 2.36. The molecule has 1 aliphatic rings. The van der Waals surface area contributed by atoms with Gasteiger partial charge >= 0.3 is 0 Å². The topological polar surface area (TPSA) is 35.2 Å². The van der Waals surface area contributed by atoms with E-state index in [0.717, 1.165) is 0 Å². The van der Waals surface area contributed by atoms with E-state index in [1.165, 1.54) is 0 Å². The van der Waals surface area contributed by atoms with Crippen molar-refractivity contribution in [1.82, 2.24) is 0 Å². The normalized spacial score (nSPS) is 27.0. The summed E-state index contributed by atoms with van der Waals surface area (Å²) in [5.74, 6) is 2.73. The molecule has 0 amide bonds. The second-order valence-electron chi connectivity index (χ2n) is 3.53. The van der Waals surface area contributed by atoms with Gasteiger partial charge in [0.15, 0.2) is 0 Å². The summed E-state index contributed by atoms with van der Waals surface area (Å²) in [5, 5.41) is 0. The van der Waals surface area contributed by atoms with E-state index in [2.05, 4.69) is 4.84 Å². The summed E-state index contributed by atoms with van der Waals surface area (Å²) in [4.78, 5) is 4.61. The zero-order valence-corrected chi connectivity index (χ0v) is 7.22. The summed E-state index contributed by atoms with van der Waals surface area (Å²) >= 11 is 0. The molecule has 4 heteroatoms. The molecule has 0 aromatic carbocycles. The van der Waals surface area contributed by atoms with Crippen molar-refractivity contribution >= 4 is 0 Å². The molecule has 2 nitrogen and oxygen atoms in total. The van der Waals surface area contributed by atoms with Crippen molar-refractivity contribution in [1.29, 1.82) is 0 Å². The molecule has 0 saturated heterocycles. The van der Waals surface area contributed by atoms with Crippen molar-refractivity contribution in [2.75, 3.05) is 0 Å². The maximum absolute atomic E-state index is 12.7. The van der Waals surface area contributed by atoms with Crippen LogP contribution in [0.2, 0.25) is 0 Å². The third-order valence-corrected chi connectivity index (χ3v) is 2.64. The smallest absolute Gasteiger partial charge is 0.248 e. The molecule has 0 aromatic heterocycles. The van der Waals surface area contributed by atoms with Gasteiger partial charge in [-0.15, -0.1) is 0 Å². The van der Waals surface area contributed by atoms with E-state index >= 15 is 0 Å². The lowest BCUT2D eigenvalue weighted by atomic mass is 9.84. The van der Waals surface area contributed by atoms with E-state index in [1.807, 2.05) is 6.92 Å². The van der Waals surface area contributed by atoms with Crippen molar-refractivity contribution in [2.24, 2.45) is 11.8 Å². The Bertz CT molecular complexity index is 142. The summed E-state index contributed by atoms with van der Waals surface area (Å²) in [7, 11) is 0. The van der Waals surface area contributed by atoms with Gasteiger partial charge in [-0.3, -0.25) is 0 Å². The van der Waals surface area contributed by atoms with Crippen LogP contribution in [0.4, 0.5) is 8.78 Å². The molecule has 0 radical (unpaired) electrons.